The van der Waals surface area contributed by atoms with Crippen LogP contribution in [0.1, 0.15) is 36.8 Å². The minimum atomic E-state index is -0.572. The summed E-state index contributed by atoms with van der Waals surface area (Å²) in [4.78, 5) is 41.9. The number of amides is 2. The van der Waals surface area contributed by atoms with Gasteiger partial charge in [-0.1, -0.05) is 6.07 Å². The smallest absolute Gasteiger partial charge is 0.337 e. The second-order valence-corrected chi connectivity index (χ2v) is 7.71. The van der Waals surface area contributed by atoms with Crippen molar-refractivity contribution in [1.82, 2.24) is 14.7 Å². The Morgan fingerprint density at radius 1 is 1.00 bits per heavy atom. The molecule has 0 saturated carbocycles. The fourth-order valence-corrected chi connectivity index (χ4v) is 3.66. The summed E-state index contributed by atoms with van der Waals surface area (Å²) >= 11 is 0. The largest absolute Gasteiger partial charge is 0.465 e. The van der Waals surface area contributed by atoms with E-state index in [0.717, 1.165) is 0 Å². The fraction of sp³-hybridized carbons (Fsp3) is 0.120. The van der Waals surface area contributed by atoms with Gasteiger partial charge in [0.1, 0.15) is 11.3 Å². The number of ether oxygens (including phenoxy) is 3. The zero-order chi connectivity index (χ0) is 24.4. The number of pyridine rings is 1. The lowest BCUT2D eigenvalue weighted by Crippen LogP contribution is -2.23. The number of esters is 1. The number of fused-ring (bicyclic) bond motifs is 2. The number of methoxy groups -OCH3 is 1. The first-order valence-corrected chi connectivity index (χ1v) is 10.7. The number of carbonyl (C=O) groups is 3. The van der Waals surface area contributed by atoms with E-state index in [0.29, 0.717) is 34.0 Å². The standard InChI is InChI=1S/C25H20N4O6/c1-33-25(32)17-8-15(12-26-24(31)19-13-29-7-3-2-4-22(29)28-19)9-18(10-17)27-23(30)16-5-6-20-21(11-16)35-14-34-20/h2-11,13H,12,14H2,1H3,(H,26,31)(H,27,30). The summed E-state index contributed by atoms with van der Waals surface area (Å²) in [6.07, 6.45) is 3.43. The number of anilines is 1. The van der Waals surface area contributed by atoms with E-state index in [4.69, 9.17) is 14.2 Å². The SMILES string of the molecule is COC(=O)c1cc(CNC(=O)c2cn3ccccc3n2)cc(NC(=O)c2ccc3c(c2)OCO3)c1. The van der Waals surface area contributed by atoms with E-state index < -0.39 is 11.9 Å². The molecule has 0 bridgehead atoms. The Bertz CT molecular complexity index is 1430. The van der Waals surface area contributed by atoms with E-state index in [9.17, 15) is 14.4 Å². The van der Waals surface area contributed by atoms with Gasteiger partial charge in [-0.2, -0.15) is 0 Å². The third-order valence-electron chi connectivity index (χ3n) is 5.36. The van der Waals surface area contributed by atoms with Gasteiger partial charge >= 0.3 is 5.97 Å². The zero-order valence-corrected chi connectivity index (χ0v) is 18.6. The van der Waals surface area contributed by atoms with E-state index in [2.05, 4.69) is 15.6 Å². The molecule has 2 aromatic heterocycles. The van der Waals surface area contributed by atoms with Crippen LogP contribution in [0, 0.1) is 0 Å². The molecule has 2 N–H and O–H groups in total. The molecule has 2 aromatic carbocycles. The molecule has 4 aromatic rings. The van der Waals surface area contributed by atoms with Gasteiger partial charge in [-0.25, -0.2) is 9.78 Å². The third kappa shape index (κ3) is 4.62. The van der Waals surface area contributed by atoms with Crippen LogP contribution in [0.2, 0.25) is 0 Å². The van der Waals surface area contributed by atoms with E-state index in [1.54, 1.807) is 53.2 Å². The van der Waals surface area contributed by atoms with Crippen LogP contribution in [-0.4, -0.2) is 41.1 Å². The predicted octanol–water partition coefficient (Wildman–Crippen LogP) is 3.03. The molecule has 0 radical (unpaired) electrons. The van der Waals surface area contributed by atoms with Crippen molar-refractivity contribution < 1.29 is 28.6 Å². The highest BCUT2D eigenvalue weighted by molar-refractivity contribution is 6.05. The van der Waals surface area contributed by atoms with Gasteiger partial charge in [0.15, 0.2) is 11.5 Å². The summed E-state index contributed by atoms with van der Waals surface area (Å²) in [5.74, 6) is -0.292. The zero-order valence-electron chi connectivity index (χ0n) is 18.6. The lowest BCUT2D eigenvalue weighted by molar-refractivity contribution is 0.0600. The molecule has 1 aliphatic heterocycles. The van der Waals surface area contributed by atoms with Crippen molar-refractivity contribution >= 4 is 29.1 Å². The van der Waals surface area contributed by atoms with Crippen LogP contribution in [0.3, 0.4) is 0 Å². The van der Waals surface area contributed by atoms with Crippen LogP contribution in [0.15, 0.2) is 67.0 Å². The van der Waals surface area contributed by atoms with E-state index in [1.807, 2.05) is 12.1 Å². The summed E-state index contributed by atoms with van der Waals surface area (Å²) in [7, 11) is 1.27. The highest BCUT2D eigenvalue weighted by Gasteiger charge is 2.18. The molecule has 1 aliphatic rings. The Labute approximate surface area is 199 Å². The average Bonchev–Trinajstić information content (AvgIpc) is 3.53. The number of nitrogens with one attached hydrogen (secondary N) is 2. The number of hydrogen-bond donors (Lipinski definition) is 2. The summed E-state index contributed by atoms with van der Waals surface area (Å²) in [6.45, 7) is 0.204. The van der Waals surface area contributed by atoms with Crippen LogP contribution >= 0.6 is 0 Å². The Hall–Kier alpha value is -4.86. The van der Waals surface area contributed by atoms with E-state index in [-0.39, 0.29) is 30.5 Å². The Balaban J connectivity index is 1.34. The Morgan fingerprint density at radius 3 is 2.69 bits per heavy atom. The highest BCUT2D eigenvalue weighted by Crippen LogP contribution is 2.32. The van der Waals surface area contributed by atoms with Gasteiger partial charge in [0.2, 0.25) is 6.79 Å². The Kier molecular flexibility index (Phi) is 5.76. The molecule has 2 amide bonds. The fourth-order valence-electron chi connectivity index (χ4n) is 3.66. The number of imidazole rings is 1. The maximum absolute atomic E-state index is 12.8. The van der Waals surface area contributed by atoms with Crippen LogP contribution in [-0.2, 0) is 11.3 Å². The van der Waals surface area contributed by atoms with Crippen LogP contribution in [0.4, 0.5) is 5.69 Å². The molecular formula is C25H20N4O6. The second-order valence-electron chi connectivity index (χ2n) is 7.71. The van der Waals surface area contributed by atoms with Crippen molar-refractivity contribution in [3.05, 3.63) is 89.4 Å². The number of aromatic nitrogens is 2. The molecule has 0 spiro atoms. The molecule has 0 fully saturated rings. The molecule has 0 unspecified atom stereocenters. The molecule has 0 atom stereocenters. The monoisotopic (exact) mass is 472 g/mol. The van der Waals surface area contributed by atoms with E-state index >= 15 is 0 Å². The number of benzene rings is 2. The average molecular weight is 472 g/mol. The first kappa shape index (κ1) is 22.0. The molecular weight excluding hydrogens is 452 g/mol. The lowest BCUT2D eigenvalue weighted by Gasteiger charge is -2.11. The number of nitrogens with zero attached hydrogens (tertiary/aromatic N) is 2. The van der Waals surface area contributed by atoms with Gasteiger partial charge < -0.3 is 29.2 Å². The summed E-state index contributed by atoms with van der Waals surface area (Å²) in [5, 5.41) is 5.57. The summed E-state index contributed by atoms with van der Waals surface area (Å²) < 4.78 is 17.2. The van der Waals surface area contributed by atoms with E-state index in [1.165, 1.54) is 13.2 Å². The van der Waals surface area contributed by atoms with Crippen molar-refractivity contribution in [3.63, 3.8) is 0 Å². The van der Waals surface area contributed by atoms with Gasteiger partial charge in [0.05, 0.1) is 12.7 Å². The quantitative estimate of drug-likeness (QED) is 0.414. The number of hydrogen-bond acceptors (Lipinski definition) is 7. The van der Waals surface area contributed by atoms with Crippen molar-refractivity contribution in [1.29, 1.82) is 0 Å². The maximum Gasteiger partial charge on any atom is 0.337 e. The van der Waals surface area contributed by atoms with Crippen molar-refractivity contribution in [2.24, 2.45) is 0 Å². The van der Waals surface area contributed by atoms with Crippen LogP contribution in [0.5, 0.6) is 11.5 Å². The van der Waals surface area contributed by atoms with Crippen molar-refractivity contribution in [2.75, 3.05) is 19.2 Å². The van der Waals surface area contributed by atoms with Crippen LogP contribution in [0.25, 0.3) is 5.65 Å². The first-order chi connectivity index (χ1) is 17.0. The lowest BCUT2D eigenvalue weighted by atomic mass is 10.1. The summed E-state index contributed by atoms with van der Waals surface area (Å²) in [5.41, 5.74) is 2.46. The van der Waals surface area contributed by atoms with Crippen molar-refractivity contribution in [3.8, 4) is 11.5 Å². The first-order valence-electron chi connectivity index (χ1n) is 10.7. The predicted molar refractivity (Wildman–Crippen MR) is 125 cm³/mol. The topological polar surface area (TPSA) is 120 Å². The second kappa shape index (κ2) is 9.18. The van der Waals surface area contributed by atoms with Gasteiger partial charge in [0, 0.05) is 30.2 Å². The molecule has 0 aliphatic carbocycles. The summed E-state index contributed by atoms with van der Waals surface area (Å²) in [6, 6.07) is 15.1. The van der Waals surface area contributed by atoms with Crippen LogP contribution < -0.4 is 20.1 Å². The molecule has 176 valence electrons. The molecule has 5 rings (SSSR count). The van der Waals surface area contributed by atoms with Gasteiger partial charge in [-0.05, 0) is 54.1 Å². The van der Waals surface area contributed by atoms with Crippen molar-refractivity contribution in [2.45, 2.75) is 6.54 Å². The molecule has 10 nitrogen and oxygen atoms in total. The van der Waals surface area contributed by atoms with Gasteiger partial charge in [0.25, 0.3) is 11.8 Å². The molecule has 0 saturated heterocycles. The van der Waals surface area contributed by atoms with Gasteiger partial charge in [-0.15, -0.1) is 0 Å². The molecule has 35 heavy (non-hydrogen) atoms. The van der Waals surface area contributed by atoms with Gasteiger partial charge in [-0.3, -0.25) is 9.59 Å². The number of carbonyl (C=O) groups excluding carboxylic acids is 3. The molecule has 3 heterocycles. The minimum absolute atomic E-state index is 0.102. The highest BCUT2D eigenvalue weighted by atomic mass is 16.7. The normalized spacial score (nSPS) is 11.8. The Morgan fingerprint density at radius 2 is 1.86 bits per heavy atom. The molecule has 10 heteroatoms. The number of rotatable bonds is 6. The maximum atomic E-state index is 12.8. The third-order valence-corrected chi connectivity index (χ3v) is 5.36. The minimum Gasteiger partial charge on any atom is -0.465 e.